The van der Waals surface area contributed by atoms with E-state index in [1.54, 1.807) is 0 Å². The normalized spacial score (nSPS) is 34.8. The van der Waals surface area contributed by atoms with Crippen LogP contribution in [0.2, 0.25) is 0 Å². The third kappa shape index (κ3) is 2.38. The van der Waals surface area contributed by atoms with Gasteiger partial charge in [0.25, 0.3) is 0 Å². The summed E-state index contributed by atoms with van der Waals surface area (Å²) in [7, 11) is 0. The molecule has 15 heavy (non-hydrogen) atoms. The molecule has 0 N–H and O–H groups in total. The largest absolute Gasteiger partial charge is 0.300 e. The van der Waals surface area contributed by atoms with Crippen molar-refractivity contribution in [3.63, 3.8) is 0 Å². The molecule has 0 amide bonds. The Morgan fingerprint density at radius 1 is 1.00 bits per heavy atom. The van der Waals surface area contributed by atoms with Crippen molar-refractivity contribution >= 4 is 0 Å². The van der Waals surface area contributed by atoms with Crippen molar-refractivity contribution in [2.24, 2.45) is 11.8 Å². The first-order valence-electron chi connectivity index (χ1n) is 7.10. The lowest BCUT2D eigenvalue weighted by Gasteiger charge is -2.33. The van der Waals surface area contributed by atoms with Gasteiger partial charge in [-0.25, -0.2) is 0 Å². The van der Waals surface area contributed by atoms with Crippen LogP contribution in [0, 0.1) is 11.8 Å². The minimum absolute atomic E-state index is 0.915. The minimum atomic E-state index is 0.915. The molecule has 1 aliphatic carbocycles. The summed E-state index contributed by atoms with van der Waals surface area (Å²) in [6, 6.07) is 0.915. The average Bonchev–Trinajstić information content (AvgIpc) is 2.72. The highest BCUT2D eigenvalue weighted by Gasteiger charge is 2.36. The molecule has 1 saturated carbocycles. The van der Waals surface area contributed by atoms with E-state index in [9.17, 15) is 0 Å². The molecular formula is C14H27N. The van der Waals surface area contributed by atoms with E-state index in [0.29, 0.717) is 0 Å². The van der Waals surface area contributed by atoms with Crippen LogP contribution in [0.1, 0.15) is 58.8 Å². The average molecular weight is 209 g/mol. The van der Waals surface area contributed by atoms with Crippen LogP contribution < -0.4 is 0 Å². The number of nitrogens with zero attached hydrogens (tertiary/aromatic N) is 1. The van der Waals surface area contributed by atoms with Crippen LogP contribution >= 0.6 is 0 Å². The van der Waals surface area contributed by atoms with Crippen molar-refractivity contribution in [1.82, 2.24) is 4.90 Å². The highest BCUT2D eigenvalue weighted by Crippen LogP contribution is 2.39. The van der Waals surface area contributed by atoms with Crippen LogP contribution in [0.5, 0.6) is 0 Å². The molecule has 0 spiro atoms. The molecule has 1 aliphatic heterocycles. The molecular weight excluding hydrogens is 182 g/mol. The van der Waals surface area contributed by atoms with E-state index in [1.807, 2.05) is 0 Å². The molecule has 2 rings (SSSR count). The van der Waals surface area contributed by atoms with Crippen LogP contribution in [0.3, 0.4) is 0 Å². The fraction of sp³-hybridized carbons (Fsp3) is 1.00. The first kappa shape index (κ1) is 11.4. The summed E-state index contributed by atoms with van der Waals surface area (Å²) in [6.07, 6.45) is 10.4. The van der Waals surface area contributed by atoms with Crippen molar-refractivity contribution in [2.45, 2.75) is 64.8 Å². The second kappa shape index (κ2) is 5.34. The van der Waals surface area contributed by atoms with Gasteiger partial charge in [-0.05, 0) is 37.8 Å². The van der Waals surface area contributed by atoms with E-state index in [2.05, 4.69) is 18.7 Å². The lowest BCUT2D eigenvalue weighted by atomic mass is 9.76. The Hall–Kier alpha value is -0.0400. The summed E-state index contributed by atoms with van der Waals surface area (Å²) < 4.78 is 0. The molecule has 1 heteroatoms. The topological polar surface area (TPSA) is 3.24 Å². The summed E-state index contributed by atoms with van der Waals surface area (Å²) in [4.78, 5) is 2.72. The van der Waals surface area contributed by atoms with Gasteiger partial charge in [0.15, 0.2) is 0 Å². The molecule has 2 unspecified atom stereocenters. The second-order valence-corrected chi connectivity index (χ2v) is 5.45. The molecule has 1 heterocycles. The van der Waals surface area contributed by atoms with Crippen LogP contribution in [-0.2, 0) is 0 Å². The summed E-state index contributed by atoms with van der Waals surface area (Å²) in [5.41, 5.74) is 0. The van der Waals surface area contributed by atoms with Crippen molar-refractivity contribution in [3.05, 3.63) is 0 Å². The summed E-state index contributed by atoms with van der Waals surface area (Å²) in [5, 5.41) is 0. The molecule has 0 aromatic rings. The number of likely N-dealkylation sites (tertiary alicyclic amines) is 1. The molecule has 2 atom stereocenters. The van der Waals surface area contributed by atoms with Crippen molar-refractivity contribution in [2.75, 3.05) is 13.1 Å². The molecule has 88 valence electrons. The third-order valence-electron chi connectivity index (χ3n) is 4.79. The van der Waals surface area contributed by atoms with E-state index in [0.717, 1.165) is 17.9 Å². The quantitative estimate of drug-likeness (QED) is 0.685. The maximum atomic E-state index is 2.72. The summed E-state index contributed by atoms with van der Waals surface area (Å²) in [5.74, 6) is 2.11. The fourth-order valence-corrected chi connectivity index (χ4v) is 4.01. The highest BCUT2D eigenvalue weighted by atomic mass is 15.2. The Morgan fingerprint density at radius 3 is 2.33 bits per heavy atom. The lowest BCUT2D eigenvalue weighted by Crippen LogP contribution is -2.35. The fourth-order valence-electron chi connectivity index (χ4n) is 4.01. The molecule has 2 aliphatic rings. The zero-order valence-corrected chi connectivity index (χ0v) is 10.5. The van der Waals surface area contributed by atoms with Gasteiger partial charge < -0.3 is 4.90 Å². The molecule has 0 aromatic carbocycles. The first-order chi connectivity index (χ1) is 7.36. The van der Waals surface area contributed by atoms with Crippen molar-refractivity contribution in [1.29, 1.82) is 0 Å². The molecule has 1 saturated heterocycles. The van der Waals surface area contributed by atoms with Crippen LogP contribution in [-0.4, -0.2) is 24.0 Å². The zero-order chi connectivity index (χ0) is 10.7. The second-order valence-electron chi connectivity index (χ2n) is 5.45. The van der Waals surface area contributed by atoms with Gasteiger partial charge >= 0.3 is 0 Å². The Morgan fingerprint density at radius 2 is 1.73 bits per heavy atom. The van der Waals surface area contributed by atoms with E-state index in [4.69, 9.17) is 0 Å². The van der Waals surface area contributed by atoms with Crippen LogP contribution in [0.25, 0.3) is 0 Å². The first-order valence-corrected chi connectivity index (χ1v) is 7.10. The van der Waals surface area contributed by atoms with Crippen LogP contribution in [0.4, 0.5) is 0 Å². The van der Waals surface area contributed by atoms with E-state index in [1.165, 1.54) is 58.0 Å². The molecule has 0 aromatic heterocycles. The van der Waals surface area contributed by atoms with Gasteiger partial charge in [-0.15, -0.1) is 0 Å². The van der Waals surface area contributed by atoms with Gasteiger partial charge in [-0.2, -0.15) is 0 Å². The molecule has 0 bridgehead atoms. The molecule has 2 fully saturated rings. The minimum Gasteiger partial charge on any atom is -0.300 e. The van der Waals surface area contributed by atoms with Gasteiger partial charge in [0.2, 0.25) is 0 Å². The Balaban J connectivity index is 1.95. The molecule has 1 nitrogen and oxygen atoms in total. The Labute approximate surface area is 95.2 Å². The van der Waals surface area contributed by atoms with E-state index >= 15 is 0 Å². The SMILES string of the molecule is CCC1C(C2CCCCC2)CCN1CC. The van der Waals surface area contributed by atoms with Gasteiger partial charge in [0, 0.05) is 6.04 Å². The zero-order valence-electron chi connectivity index (χ0n) is 10.5. The molecule has 0 radical (unpaired) electrons. The smallest absolute Gasteiger partial charge is 0.0124 e. The van der Waals surface area contributed by atoms with Gasteiger partial charge in [-0.1, -0.05) is 46.0 Å². The predicted octanol–water partition coefficient (Wildman–Crippen LogP) is 3.69. The van der Waals surface area contributed by atoms with Crippen molar-refractivity contribution < 1.29 is 0 Å². The lowest BCUT2D eigenvalue weighted by molar-refractivity contribution is 0.166. The monoisotopic (exact) mass is 209 g/mol. The Kier molecular flexibility index (Phi) is 4.07. The third-order valence-corrected chi connectivity index (χ3v) is 4.79. The maximum absolute atomic E-state index is 2.72. The number of rotatable bonds is 3. The van der Waals surface area contributed by atoms with Gasteiger partial charge in [-0.3, -0.25) is 0 Å². The van der Waals surface area contributed by atoms with Crippen molar-refractivity contribution in [3.8, 4) is 0 Å². The Bertz CT molecular complexity index is 184. The highest BCUT2D eigenvalue weighted by molar-refractivity contribution is 4.90. The maximum Gasteiger partial charge on any atom is 0.0124 e. The van der Waals surface area contributed by atoms with E-state index in [-0.39, 0.29) is 0 Å². The summed E-state index contributed by atoms with van der Waals surface area (Å²) >= 11 is 0. The summed E-state index contributed by atoms with van der Waals surface area (Å²) in [6.45, 7) is 7.35. The number of hydrogen-bond acceptors (Lipinski definition) is 1. The van der Waals surface area contributed by atoms with E-state index < -0.39 is 0 Å². The van der Waals surface area contributed by atoms with Crippen LogP contribution in [0.15, 0.2) is 0 Å². The van der Waals surface area contributed by atoms with Gasteiger partial charge in [0.05, 0.1) is 0 Å². The number of hydrogen-bond donors (Lipinski definition) is 0. The predicted molar refractivity (Wildman–Crippen MR) is 66.0 cm³/mol. The standard InChI is InChI=1S/C14H27N/c1-3-14-13(10-11-15(14)4-2)12-8-6-5-7-9-12/h12-14H,3-11H2,1-2H3. The van der Waals surface area contributed by atoms with Gasteiger partial charge in [0.1, 0.15) is 0 Å².